The molecule has 1 atom stereocenters. The van der Waals surface area contributed by atoms with Gasteiger partial charge in [-0.2, -0.15) is 0 Å². The van der Waals surface area contributed by atoms with Crippen LogP contribution < -0.4 is 10.1 Å². The molecule has 0 spiro atoms. The number of benzene rings is 1. The molecule has 74 valence electrons. The molecule has 0 fully saturated rings. The Hall–Kier alpha value is -1.55. The maximum atomic E-state index is 11.4. The topological polar surface area (TPSA) is 58.6 Å². The lowest BCUT2D eigenvalue weighted by Crippen LogP contribution is -2.37. The maximum Gasteiger partial charge on any atom is 0.265 e. The highest BCUT2D eigenvalue weighted by atomic mass is 16.5. The van der Waals surface area contributed by atoms with Gasteiger partial charge in [0, 0.05) is 13.0 Å². The van der Waals surface area contributed by atoms with Crippen molar-refractivity contribution >= 4 is 11.6 Å². The molecule has 1 aromatic carbocycles. The van der Waals surface area contributed by atoms with Gasteiger partial charge in [-0.3, -0.25) is 4.79 Å². The van der Waals surface area contributed by atoms with E-state index < -0.39 is 6.10 Å². The van der Waals surface area contributed by atoms with E-state index in [1.807, 2.05) is 12.1 Å². The first-order chi connectivity index (χ1) is 6.81. The number of hydrogen-bond donors (Lipinski definition) is 2. The standard InChI is InChI=1S/C10H11NO3/c12-6-5-9-10(13)11-7-3-1-2-4-8(7)14-9/h1-4,9,12H,5-6H2,(H,11,13). The van der Waals surface area contributed by atoms with E-state index in [2.05, 4.69) is 5.32 Å². The zero-order valence-electron chi connectivity index (χ0n) is 7.56. The lowest BCUT2D eigenvalue weighted by Gasteiger charge is -2.25. The summed E-state index contributed by atoms with van der Waals surface area (Å²) in [7, 11) is 0. The van der Waals surface area contributed by atoms with Crippen LogP contribution in [0.4, 0.5) is 5.69 Å². The van der Waals surface area contributed by atoms with E-state index in [9.17, 15) is 4.79 Å². The number of hydrogen-bond acceptors (Lipinski definition) is 3. The average Bonchev–Trinajstić information content (AvgIpc) is 2.19. The van der Waals surface area contributed by atoms with Gasteiger partial charge >= 0.3 is 0 Å². The molecule has 1 aliphatic rings. The predicted molar refractivity (Wildman–Crippen MR) is 51.2 cm³/mol. The van der Waals surface area contributed by atoms with Crippen molar-refractivity contribution in [3.8, 4) is 5.75 Å². The van der Waals surface area contributed by atoms with Crippen LogP contribution in [0.5, 0.6) is 5.75 Å². The van der Waals surface area contributed by atoms with Crippen molar-refractivity contribution in [3.05, 3.63) is 24.3 Å². The molecule has 1 amide bonds. The Labute approximate surface area is 81.5 Å². The number of rotatable bonds is 2. The summed E-state index contributed by atoms with van der Waals surface area (Å²) < 4.78 is 5.41. The molecule has 0 aromatic heterocycles. The molecular weight excluding hydrogens is 182 g/mol. The van der Waals surface area contributed by atoms with Gasteiger partial charge in [-0.05, 0) is 12.1 Å². The predicted octanol–water partition coefficient (Wildman–Crippen LogP) is 0.768. The number of amides is 1. The number of carbonyl (C=O) groups excluding carboxylic acids is 1. The molecular formula is C10H11NO3. The number of nitrogens with one attached hydrogen (secondary N) is 1. The number of aliphatic hydroxyl groups excluding tert-OH is 1. The molecule has 1 heterocycles. The van der Waals surface area contributed by atoms with Gasteiger partial charge in [-0.15, -0.1) is 0 Å². The maximum absolute atomic E-state index is 11.4. The second-order valence-electron chi connectivity index (χ2n) is 3.10. The van der Waals surface area contributed by atoms with Gasteiger partial charge < -0.3 is 15.2 Å². The summed E-state index contributed by atoms with van der Waals surface area (Å²) in [6, 6.07) is 7.24. The first kappa shape index (κ1) is 9.02. The number of fused-ring (bicyclic) bond motifs is 1. The Bertz CT molecular complexity index is 351. The summed E-state index contributed by atoms with van der Waals surface area (Å²) in [6.45, 7) is -0.0553. The molecule has 14 heavy (non-hydrogen) atoms. The fourth-order valence-electron chi connectivity index (χ4n) is 1.40. The summed E-state index contributed by atoms with van der Waals surface area (Å²) in [5.41, 5.74) is 0.687. The number of carbonyl (C=O) groups is 1. The van der Waals surface area contributed by atoms with E-state index in [-0.39, 0.29) is 12.5 Å². The third-order valence-corrected chi connectivity index (χ3v) is 2.10. The van der Waals surface area contributed by atoms with Crippen LogP contribution in [0.1, 0.15) is 6.42 Å². The van der Waals surface area contributed by atoms with Crippen molar-refractivity contribution in [2.24, 2.45) is 0 Å². The summed E-state index contributed by atoms with van der Waals surface area (Å²) in [5.74, 6) is 0.461. The summed E-state index contributed by atoms with van der Waals surface area (Å²) in [5, 5.41) is 11.4. The summed E-state index contributed by atoms with van der Waals surface area (Å²) in [6.07, 6.45) is -0.255. The van der Waals surface area contributed by atoms with Crippen LogP contribution in [0.2, 0.25) is 0 Å². The highest BCUT2D eigenvalue weighted by Gasteiger charge is 2.26. The van der Waals surface area contributed by atoms with Crippen molar-refractivity contribution in [1.82, 2.24) is 0 Å². The molecule has 2 N–H and O–H groups in total. The van der Waals surface area contributed by atoms with E-state index in [4.69, 9.17) is 9.84 Å². The van der Waals surface area contributed by atoms with Crippen LogP contribution in [0.15, 0.2) is 24.3 Å². The lowest BCUT2D eigenvalue weighted by atomic mass is 10.2. The van der Waals surface area contributed by atoms with Crippen LogP contribution >= 0.6 is 0 Å². The Morgan fingerprint density at radius 2 is 2.21 bits per heavy atom. The second-order valence-corrected chi connectivity index (χ2v) is 3.10. The molecule has 0 radical (unpaired) electrons. The number of para-hydroxylation sites is 2. The highest BCUT2D eigenvalue weighted by molar-refractivity contribution is 5.97. The van der Waals surface area contributed by atoms with Crippen molar-refractivity contribution < 1.29 is 14.6 Å². The van der Waals surface area contributed by atoms with Gasteiger partial charge in [-0.25, -0.2) is 0 Å². The molecule has 2 rings (SSSR count). The fraction of sp³-hybridized carbons (Fsp3) is 0.300. The Kier molecular flexibility index (Phi) is 2.37. The normalized spacial score (nSPS) is 19.5. The monoisotopic (exact) mass is 193 g/mol. The first-order valence-electron chi connectivity index (χ1n) is 4.48. The van der Waals surface area contributed by atoms with E-state index in [1.165, 1.54) is 0 Å². The zero-order chi connectivity index (χ0) is 9.97. The molecule has 0 saturated carbocycles. The van der Waals surface area contributed by atoms with Crippen molar-refractivity contribution in [3.63, 3.8) is 0 Å². The van der Waals surface area contributed by atoms with Gasteiger partial charge in [0.05, 0.1) is 5.69 Å². The smallest absolute Gasteiger partial charge is 0.265 e. The number of aliphatic hydroxyl groups is 1. The SMILES string of the molecule is O=C1Nc2ccccc2OC1CCO. The minimum atomic E-state index is -0.574. The molecule has 1 aromatic rings. The Morgan fingerprint density at radius 3 is 3.00 bits per heavy atom. The minimum Gasteiger partial charge on any atom is -0.478 e. The van der Waals surface area contributed by atoms with E-state index >= 15 is 0 Å². The second kappa shape index (κ2) is 3.67. The Morgan fingerprint density at radius 1 is 1.43 bits per heavy atom. The van der Waals surface area contributed by atoms with E-state index in [1.54, 1.807) is 12.1 Å². The van der Waals surface area contributed by atoms with Gasteiger partial charge in [0.25, 0.3) is 5.91 Å². The quantitative estimate of drug-likeness (QED) is 0.729. The number of anilines is 1. The fourth-order valence-corrected chi connectivity index (χ4v) is 1.40. The van der Waals surface area contributed by atoms with Crippen LogP contribution in [0.25, 0.3) is 0 Å². The van der Waals surface area contributed by atoms with Crippen LogP contribution in [-0.2, 0) is 4.79 Å². The van der Waals surface area contributed by atoms with Crippen molar-refractivity contribution in [1.29, 1.82) is 0 Å². The largest absolute Gasteiger partial charge is 0.478 e. The van der Waals surface area contributed by atoms with Crippen molar-refractivity contribution in [2.75, 3.05) is 11.9 Å². The van der Waals surface area contributed by atoms with Gasteiger partial charge in [0.2, 0.25) is 0 Å². The summed E-state index contributed by atoms with van der Waals surface area (Å²) in [4.78, 5) is 11.4. The van der Waals surface area contributed by atoms with Gasteiger partial charge in [0.1, 0.15) is 5.75 Å². The molecule has 4 heteroatoms. The minimum absolute atomic E-state index is 0.0553. The van der Waals surface area contributed by atoms with E-state index in [0.29, 0.717) is 17.9 Å². The van der Waals surface area contributed by atoms with Crippen molar-refractivity contribution in [2.45, 2.75) is 12.5 Å². The average molecular weight is 193 g/mol. The highest BCUT2D eigenvalue weighted by Crippen LogP contribution is 2.29. The third-order valence-electron chi connectivity index (χ3n) is 2.10. The van der Waals surface area contributed by atoms with Crippen LogP contribution in [0.3, 0.4) is 0 Å². The van der Waals surface area contributed by atoms with Crippen LogP contribution in [-0.4, -0.2) is 23.7 Å². The molecule has 1 aliphatic heterocycles. The summed E-state index contributed by atoms with van der Waals surface area (Å²) >= 11 is 0. The van der Waals surface area contributed by atoms with Gasteiger partial charge in [0.15, 0.2) is 6.10 Å². The molecule has 1 unspecified atom stereocenters. The molecule has 0 saturated heterocycles. The first-order valence-corrected chi connectivity index (χ1v) is 4.48. The number of ether oxygens (including phenoxy) is 1. The van der Waals surface area contributed by atoms with Gasteiger partial charge in [-0.1, -0.05) is 12.1 Å². The van der Waals surface area contributed by atoms with Crippen LogP contribution in [0, 0.1) is 0 Å². The third kappa shape index (κ3) is 1.56. The van der Waals surface area contributed by atoms with E-state index in [0.717, 1.165) is 0 Å². The Balaban J connectivity index is 2.22. The zero-order valence-corrected chi connectivity index (χ0v) is 7.56. The molecule has 4 nitrogen and oxygen atoms in total. The lowest BCUT2D eigenvalue weighted by molar-refractivity contribution is -0.124. The molecule has 0 bridgehead atoms. The molecule has 0 aliphatic carbocycles.